The molecule has 21 heavy (non-hydrogen) atoms. The number of rotatable bonds is 6. The van der Waals surface area contributed by atoms with Crippen LogP contribution in [0.25, 0.3) is 0 Å². The molecule has 1 aliphatic rings. The minimum Gasteiger partial charge on any atom is -0.454 e. The first kappa shape index (κ1) is 14.6. The second kappa shape index (κ2) is 7.64. The van der Waals surface area contributed by atoms with E-state index in [0.717, 1.165) is 61.6 Å². The van der Waals surface area contributed by atoms with Crippen molar-refractivity contribution >= 4 is 11.8 Å². The number of nitrogens with zero attached hydrogens (tertiary/aromatic N) is 2. The van der Waals surface area contributed by atoms with E-state index in [0.29, 0.717) is 0 Å². The minimum absolute atomic E-state index is 0.867. The fourth-order valence-corrected chi connectivity index (χ4v) is 3.11. The van der Waals surface area contributed by atoms with Crippen LogP contribution in [0, 0.1) is 0 Å². The third kappa shape index (κ3) is 4.59. The van der Waals surface area contributed by atoms with Crippen LogP contribution in [0.4, 0.5) is 0 Å². The van der Waals surface area contributed by atoms with E-state index in [1.807, 2.05) is 24.3 Å². The van der Waals surface area contributed by atoms with Crippen LogP contribution >= 0.6 is 11.8 Å². The molecule has 2 aromatic rings. The van der Waals surface area contributed by atoms with Crippen molar-refractivity contribution in [2.24, 2.45) is 0 Å². The summed E-state index contributed by atoms with van der Waals surface area (Å²) in [5.74, 6) is 1.06. The van der Waals surface area contributed by atoms with Crippen molar-refractivity contribution in [1.82, 2.24) is 9.88 Å². The normalized spacial score (nSPS) is 16.2. The third-order valence-corrected chi connectivity index (χ3v) is 4.35. The van der Waals surface area contributed by atoms with Crippen LogP contribution in [0.3, 0.4) is 0 Å². The summed E-state index contributed by atoms with van der Waals surface area (Å²) in [4.78, 5) is 6.75. The Hall–Kier alpha value is -1.30. The molecule has 112 valence electrons. The highest BCUT2D eigenvalue weighted by molar-refractivity contribution is 7.99. The number of morpholine rings is 1. The van der Waals surface area contributed by atoms with E-state index in [2.05, 4.69) is 16.0 Å². The molecular formula is C16H20N2O2S. The van der Waals surface area contributed by atoms with Crippen molar-refractivity contribution in [3.63, 3.8) is 0 Å². The lowest BCUT2D eigenvalue weighted by atomic mass is 10.2. The molecule has 0 N–H and O–H groups in total. The number of hydrogen-bond acceptors (Lipinski definition) is 5. The highest BCUT2D eigenvalue weighted by Crippen LogP contribution is 2.27. The number of hydrogen-bond donors (Lipinski definition) is 0. The van der Waals surface area contributed by atoms with Gasteiger partial charge in [0.05, 0.1) is 13.2 Å². The minimum atomic E-state index is 0.867. The van der Waals surface area contributed by atoms with Crippen LogP contribution < -0.4 is 0 Å². The van der Waals surface area contributed by atoms with E-state index in [-0.39, 0.29) is 0 Å². The molecule has 5 heteroatoms. The Morgan fingerprint density at radius 2 is 2.05 bits per heavy atom. The van der Waals surface area contributed by atoms with Gasteiger partial charge in [0.25, 0.3) is 0 Å². The summed E-state index contributed by atoms with van der Waals surface area (Å²) >= 11 is 1.57. The van der Waals surface area contributed by atoms with E-state index in [9.17, 15) is 0 Å². The molecule has 1 fully saturated rings. The molecule has 3 rings (SSSR count). The second-order valence-corrected chi connectivity index (χ2v) is 6.07. The highest BCUT2D eigenvalue weighted by Gasteiger charge is 2.10. The standard InChI is InChI=1S/C16H20N2O2S/c1-2-8-17-15(5-1)21-16-7-6-14(20-16)4-3-9-18-10-12-19-13-11-18/h1-2,5-8H,3-4,9-13H2. The van der Waals surface area contributed by atoms with E-state index in [1.54, 1.807) is 18.0 Å². The molecule has 0 aliphatic carbocycles. The molecule has 4 nitrogen and oxygen atoms in total. The van der Waals surface area contributed by atoms with Gasteiger partial charge >= 0.3 is 0 Å². The molecule has 0 radical (unpaired) electrons. The molecule has 0 spiro atoms. The molecular weight excluding hydrogens is 284 g/mol. The summed E-state index contributed by atoms with van der Waals surface area (Å²) in [6.07, 6.45) is 3.91. The Labute approximate surface area is 129 Å². The van der Waals surface area contributed by atoms with Gasteiger partial charge in [-0.3, -0.25) is 4.90 Å². The largest absolute Gasteiger partial charge is 0.454 e. The highest BCUT2D eigenvalue weighted by atomic mass is 32.2. The Bertz CT molecular complexity index is 538. The average molecular weight is 304 g/mol. The lowest BCUT2D eigenvalue weighted by Gasteiger charge is -2.26. The summed E-state index contributed by atoms with van der Waals surface area (Å²) in [6.45, 7) is 4.96. The Morgan fingerprint density at radius 3 is 2.86 bits per heavy atom. The van der Waals surface area contributed by atoms with Crippen molar-refractivity contribution in [2.75, 3.05) is 32.8 Å². The molecule has 2 aromatic heterocycles. The van der Waals surface area contributed by atoms with Gasteiger partial charge < -0.3 is 9.15 Å². The second-order valence-electron chi connectivity index (χ2n) is 5.05. The van der Waals surface area contributed by atoms with Gasteiger partial charge in [-0.15, -0.1) is 0 Å². The van der Waals surface area contributed by atoms with Gasteiger partial charge in [-0.25, -0.2) is 4.98 Å². The van der Waals surface area contributed by atoms with Crippen molar-refractivity contribution in [1.29, 1.82) is 0 Å². The van der Waals surface area contributed by atoms with Crippen LogP contribution in [0.2, 0.25) is 0 Å². The summed E-state index contributed by atoms with van der Waals surface area (Å²) in [5.41, 5.74) is 0. The van der Waals surface area contributed by atoms with Crippen LogP contribution in [0.5, 0.6) is 0 Å². The molecule has 1 aliphatic heterocycles. The molecule has 3 heterocycles. The monoisotopic (exact) mass is 304 g/mol. The fourth-order valence-electron chi connectivity index (χ4n) is 2.36. The van der Waals surface area contributed by atoms with E-state index in [1.165, 1.54) is 0 Å². The van der Waals surface area contributed by atoms with Crippen molar-refractivity contribution in [2.45, 2.75) is 23.0 Å². The van der Waals surface area contributed by atoms with Gasteiger partial charge in [-0.1, -0.05) is 6.07 Å². The first-order chi connectivity index (χ1) is 10.4. The zero-order chi connectivity index (χ0) is 14.3. The quantitative estimate of drug-likeness (QED) is 0.820. The Balaban J connectivity index is 1.44. The molecule has 1 saturated heterocycles. The van der Waals surface area contributed by atoms with Crippen molar-refractivity contribution < 1.29 is 9.15 Å². The maximum Gasteiger partial charge on any atom is 0.166 e. The van der Waals surface area contributed by atoms with Crippen molar-refractivity contribution in [3.05, 3.63) is 42.3 Å². The number of aryl methyl sites for hydroxylation is 1. The first-order valence-corrected chi connectivity index (χ1v) is 8.19. The van der Waals surface area contributed by atoms with Gasteiger partial charge in [0.1, 0.15) is 10.8 Å². The maximum atomic E-state index is 5.86. The number of ether oxygens (including phenoxy) is 1. The molecule has 0 atom stereocenters. The summed E-state index contributed by atoms with van der Waals surface area (Å²) < 4.78 is 11.2. The third-order valence-electron chi connectivity index (χ3n) is 3.48. The summed E-state index contributed by atoms with van der Waals surface area (Å²) in [7, 11) is 0. The zero-order valence-electron chi connectivity index (χ0n) is 12.0. The number of furan rings is 1. The molecule has 0 saturated carbocycles. The Kier molecular flexibility index (Phi) is 5.32. The van der Waals surface area contributed by atoms with E-state index >= 15 is 0 Å². The Morgan fingerprint density at radius 1 is 1.14 bits per heavy atom. The van der Waals surface area contributed by atoms with E-state index in [4.69, 9.17) is 9.15 Å². The SMILES string of the molecule is c1ccc(Sc2ccc(CCCN3CCOCC3)o2)nc1. The fraction of sp³-hybridized carbons (Fsp3) is 0.438. The van der Waals surface area contributed by atoms with Gasteiger partial charge in [-0.05, 0) is 49.0 Å². The van der Waals surface area contributed by atoms with Crippen LogP contribution in [-0.2, 0) is 11.2 Å². The van der Waals surface area contributed by atoms with Crippen LogP contribution in [-0.4, -0.2) is 42.7 Å². The van der Waals surface area contributed by atoms with Gasteiger partial charge in [0.2, 0.25) is 0 Å². The van der Waals surface area contributed by atoms with Gasteiger partial charge in [-0.2, -0.15) is 0 Å². The molecule has 0 aromatic carbocycles. The molecule has 0 bridgehead atoms. The predicted molar refractivity (Wildman–Crippen MR) is 82.6 cm³/mol. The lowest BCUT2D eigenvalue weighted by Crippen LogP contribution is -2.36. The summed E-state index contributed by atoms with van der Waals surface area (Å²) in [5, 5.41) is 1.88. The number of aromatic nitrogens is 1. The average Bonchev–Trinajstić information content (AvgIpc) is 2.97. The molecule has 0 amide bonds. The summed E-state index contributed by atoms with van der Waals surface area (Å²) in [6, 6.07) is 10.0. The first-order valence-electron chi connectivity index (χ1n) is 7.38. The zero-order valence-corrected chi connectivity index (χ0v) is 12.8. The maximum absolute atomic E-state index is 5.86. The smallest absolute Gasteiger partial charge is 0.166 e. The topological polar surface area (TPSA) is 38.5 Å². The predicted octanol–water partition coefficient (Wildman–Crippen LogP) is 3.09. The van der Waals surface area contributed by atoms with Gasteiger partial charge in [0, 0.05) is 25.7 Å². The van der Waals surface area contributed by atoms with Gasteiger partial charge in [0.15, 0.2) is 5.09 Å². The van der Waals surface area contributed by atoms with E-state index < -0.39 is 0 Å². The lowest BCUT2D eigenvalue weighted by molar-refractivity contribution is 0.0373. The number of pyridine rings is 1. The molecule has 0 unspecified atom stereocenters. The van der Waals surface area contributed by atoms with Crippen molar-refractivity contribution in [3.8, 4) is 0 Å². The van der Waals surface area contributed by atoms with Crippen LogP contribution in [0.1, 0.15) is 12.2 Å². The van der Waals surface area contributed by atoms with Crippen LogP contribution in [0.15, 0.2) is 51.1 Å².